The van der Waals surface area contributed by atoms with Gasteiger partial charge >= 0.3 is 0 Å². The summed E-state index contributed by atoms with van der Waals surface area (Å²) >= 11 is 0. The highest BCUT2D eigenvalue weighted by atomic mass is 16.5. The Bertz CT molecular complexity index is 722. The second kappa shape index (κ2) is 10.3. The zero-order chi connectivity index (χ0) is 20.7. The summed E-state index contributed by atoms with van der Waals surface area (Å²) < 4.78 is 21.7. The molecule has 2 aromatic rings. The minimum absolute atomic E-state index is 0.158. The highest BCUT2D eigenvalue weighted by Crippen LogP contribution is 2.40. The van der Waals surface area contributed by atoms with E-state index in [1.807, 2.05) is 6.92 Å². The summed E-state index contributed by atoms with van der Waals surface area (Å²) in [5, 5.41) is 17.5. The van der Waals surface area contributed by atoms with Crippen LogP contribution in [-0.2, 0) is 0 Å². The van der Waals surface area contributed by atoms with Crippen LogP contribution < -0.4 is 19.5 Å². The van der Waals surface area contributed by atoms with Crippen molar-refractivity contribution in [3.05, 3.63) is 18.0 Å². The van der Waals surface area contributed by atoms with Crippen molar-refractivity contribution in [3.63, 3.8) is 0 Å². The average molecular weight is 393 g/mol. The van der Waals surface area contributed by atoms with Crippen molar-refractivity contribution in [2.75, 3.05) is 27.9 Å². The lowest BCUT2D eigenvalue weighted by atomic mass is 10.0. The van der Waals surface area contributed by atoms with Crippen molar-refractivity contribution in [2.45, 2.75) is 45.8 Å². The minimum atomic E-state index is -0.399. The second-order valence-electron chi connectivity index (χ2n) is 6.94. The zero-order valence-electron chi connectivity index (χ0n) is 17.5. The molecule has 0 aliphatic heterocycles. The first-order chi connectivity index (χ1) is 13.4. The first-order valence-electron chi connectivity index (χ1n) is 9.50. The summed E-state index contributed by atoms with van der Waals surface area (Å²) in [6.45, 7) is 6.64. The third-order valence-electron chi connectivity index (χ3n) is 4.49. The van der Waals surface area contributed by atoms with Crippen LogP contribution in [0, 0.1) is 5.92 Å². The molecule has 8 heteroatoms. The van der Waals surface area contributed by atoms with Gasteiger partial charge in [0.2, 0.25) is 17.5 Å². The number of rotatable bonds is 11. The second-order valence-corrected chi connectivity index (χ2v) is 6.94. The van der Waals surface area contributed by atoms with Gasteiger partial charge in [0.25, 0.3) is 0 Å². The Labute approximate surface area is 166 Å². The van der Waals surface area contributed by atoms with E-state index in [2.05, 4.69) is 29.3 Å². The lowest BCUT2D eigenvalue weighted by Gasteiger charge is -2.20. The molecule has 1 aromatic heterocycles. The van der Waals surface area contributed by atoms with E-state index in [1.54, 1.807) is 33.5 Å². The molecule has 0 aliphatic carbocycles. The number of nitrogens with one attached hydrogen (secondary N) is 1. The van der Waals surface area contributed by atoms with Gasteiger partial charge < -0.3 is 29.2 Å². The van der Waals surface area contributed by atoms with Gasteiger partial charge in [-0.15, -0.1) is 0 Å². The van der Waals surface area contributed by atoms with Gasteiger partial charge in [-0.05, 0) is 24.5 Å². The Balaban J connectivity index is 2.28. The monoisotopic (exact) mass is 393 g/mol. The smallest absolute Gasteiger partial charge is 0.244 e. The number of nitrogens with zero attached hydrogens (tertiary/aromatic N) is 2. The normalized spacial score (nSPS) is 13.4. The molecule has 0 saturated carbocycles. The molecule has 0 saturated heterocycles. The molecule has 28 heavy (non-hydrogen) atoms. The maximum absolute atomic E-state index is 10.0. The van der Waals surface area contributed by atoms with E-state index in [0.29, 0.717) is 41.1 Å². The molecule has 0 amide bonds. The molecule has 0 spiro atoms. The van der Waals surface area contributed by atoms with Crippen LogP contribution in [0.25, 0.3) is 11.4 Å². The SMILES string of the molecule is CCC[C@H](O)CN[C@@H](c1nc(-c2cc(OC)c(OC)c(OC)c2)no1)C(C)C. The van der Waals surface area contributed by atoms with Gasteiger partial charge in [0.15, 0.2) is 11.5 Å². The molecule has 2 atom stereocenters. The van der Waals surface area contributed by atoms with Crippen LogP contribution in [0.2, 0.25) is 0 Å². The summed E-state index contributed by atoms with van der Waals surface area (Å²) in [6.07, 6.45) is 1.28. The van der Waals surface area contributed by atoms with Crippen LogP contribution in [-0.4, -0.2) is 49.2 Å². The van der Waals surface area contributed by atoms with Crippen molar-refractivity contribution < 1.29 is 23.8 Å². The number of methoxy groups -OCH3 is 3. The zero-order valence-corrected chi connectivity index (χ0v) is 17.5. The summed E-state index contributed by atoms with van der Waals surface area (Å²) in [5.41, 5.74) is 0.693. The number of benzene rings is 1. The van der Waals surface area contributed by atoms with Gasteiger partial charge in [-0.25, -0.2) is 0 Å². The van der Waals surface area contributed by atoms with E-state index < -0.39 is 6.10 Å². The Morgan fingerprint density at radius 2 is 1.75 bits per heavy atom. The fourth-order valence-corrected chi connectivity index (χ4v) is 3.00. The molecule has 8 nitrogen and oxygen atoms in total. The van der Waals surface area contributed by atoms with Crippen LogP contribution in [0.4, 0.5) is 0 Å². The predicted molar refractivity (Wildman–Crippen MR) is 106 cm³/mol. The third-order valence-corrected chi connectivity index (χ3v) is 4.49. The van der Waals surface area contributed by atoms with Crippen molar-refractivity contribution in [3.8, 4) is 28.6 Å². The third kappa shape index (κ3) is 5.14. The molecule has 156 valence electrons. The molecule has 2 rings (SSSR count). The molecule has 0 unspecified atom stereocenters. The van der Waals surface area contributed by atoms with E-state index >= 15 is 0 Å². The van der Waals surface area contributed by atoms with E-state index in [4.69, 9.17) is 18.7 Å². The number of hydrogen-bond donors (Lipinski definition) is 2. The van der Waals surface area contributed by atoms with Gasteiger partial charge in [-0.3, -0.25) is 0 Å². The Hall–Kier alpha value is -2.32. The number of hydrogen-bond acceptors (Lipinski definition) is 8. The molecule has 0 radical (unpaired) electrons. The van der Waals surface area contributed by atoms with Crippen LogP contribution in [0.15, 0.2) is 16.7 Å². The average Bonchev–Trinajstić information content (AvgIpc) is 3.16. The Morgan fingerprint density at radius 1 is 1.11 bits per heavy atom. The quantitative estimate of drug-likeness (QED) is 0.600. The summed E-state index contributed by atoms with van der Waals surface area (Å²) in [7, 11) is 4.67. The van der Waals surface area contributed by atoms with E-state index in [9.17, 15) is 5.11 Å². The Morgan fingerprint density at radius 3 is 2.25 bits per heavy atom. The van der Waals surface area contributed by atoms with Crippen LogP contribution in [0.5, 0.6) is 17.2 Å². The van der Waals surface area contributed by atoms with Crippen LogP contribution in [0.3, 0.4) is 0 Å². The number of ether oxygens (including phenoxy) is 3. The summed E-state index contributed by atoms with van der Waals surface area (Å²) in [5.74, 6) is 2.65. The van der Waals surface area contributed by atoms with E-state index in [1.165, 1.54) is 0 Å². The van der Waals surface area contributed by atoms with Crippen molar-refractivity contribution in [2.24, 2.45) is 5.92 Å². The number of aromatic nitrogens is 2. The van der Waals surface area contributed by atoms with Crippen LogP contribution >= 0.6 is 0 Å². The van der Waals surface area contributed by atoms with Gasteiger partial charge in [0.1, 0.15) is 0 Å². The molecule has 0 aliphatic rings. The number of aliphatic hydroxyl groups is 1. The van der Waals surface area contributed by atoms with Gasteiger partial charge in [-0.1, -0.05) is 32.3 Å². The lowest BCUT2D eigenvalue weighted by molar-refractivity contribution is 0.148. The lowest BCUT2D eigenvalue weighted by Crippen LogP contribution is -2.33. The van der Waals surface area contributed by atoms with Crippen molar-refractivity contribution in [1.29, 1.82) is 0 Å². The highest BCUT2D eigenvalue weighted by Gasteiger charge is 2.24. The summed E-state index contributed by atoms with van der Waals surface area (Å²) in [6, 6.07) is 3.40. The van der Waals surface area contributed by atoms with Crippen LogP contribution in [0.1, 0.15) is 45.5 Å². The first-order valence-corrected chi connectivity index (χ1v) is 9.50. The van der Waals surface area contributed by atoms with E-state index in [0.717, 1.165) is 12.8 Å². The maximum atomic E-state index is 10.0. The molecule has 1 aromatic carbocycles. The topological polar surface area (TPSA) is 98.9 Å². The predicted octanol–water partition coefficient (Wildman–Crippen LogP) is 3.21. The van der Waals surface area contributed by atoms with Gasteiger partial charge in [0.05, 0.1) is 33.5 Å². The molecule has 2 N–H and O–H groups in total. The van der Waals surface area contributed by atoms with Gasteiger partial charge in [-0.2, -0.15) is 4.98 Å². The highest BCUT2D eigenvalue weighted by molar-refractivity contribution is 5.66. The molecule has 0 bridgehead atoms. The fourth-order valence-electron chi connectivity index (χ4n) is 3.00. The van der Waals surface area contributed by atoms with Gasteiger partial charge in [0, 0.05) is 12.1 Å². The molecular formula is C20H31N3O5. The maximum Gasteiger partial charge on any atom is 0.244 e. The first kappa shape index (κ1) is 22.0. The van der Waals surface area contributed by atoms with Crippen molar-refractivity contribution in [1.82, 2.24) is 15.5 Å². The fraction of sp³-hybridized carbons (Fsp3) is 0.600. The molecular weight excluding hydrogens is 362 g/mol. The summed E-state index contributed by atoms with van der Waals surface area (Å²) in [4.78, 5) is 4.56. The largest absolute Gasteiger partial charge is 0.493 e. The molecule has 1 heterocycles. The van der Waals surface area contributed by atoms with Crippen molar-refractivity contribution >= 4 is 0 Å². The standard InChI is InChI=1S/C20H31N3O5/c1-7-8-14(24)11-21-17(12(2)3)20-22-19(23-28-20)13-9-15(25-4)18(27-6)16(10-13)26-5/h9-10,12,14,17,21,24H,7-8,11H2,1-6H3/t14-,17+/m0/s1. The van der Waals surface area contributed by atoms with E-state index in [-0.39, 0.29) is 12.0 Å². The molecule has 0 fully saturated rings. The Kier molecular flexibility index (Phi) is 8.07. The minimum Gasteiger partial charge on any atom is -0.493 e. The number of aliphatic hydroxyl groups excluding tert-OH is 1.